The number of hydrogen-bond acceptors (Lipinski definition) is 5. The molecule has 1 aliphatic heterocycles. The van der Waals surface area contributed by atoms with Gasteiger partial charge in [0.2, 0.25) is 11.7 Å². The third-order valence-corrected chi connectivity index (χ3v) is 2.27. The van der Waals surface area contributed by atoms with E-state index in [0.29, 0.717) is 0 Å². The topological polar surface area (TPSA) is 64.6 Å². The van der Waals surface area contributed by atoms with Gasteiger partial charge in [0.1, 0.15) is 0 Å². The van der Waals surface area contributed by atoms with E-state index in [9.17, 15) is 9.59 Å². The highest BCUT2D eigenvalue weighted by Crippen LogP contribution is 2.20. The molecule has 1 heterocycles. The molecule has 1 aromatic carbocycles. The monoisotopic (exact) mass is 233 g/mol. The maximum atomic E-state index is 11.5. The number of ketones is 1. The lowest BCUT2D eigenvalue weighted by molar-refractivity contribution is -0.137. The Morgan fingerprint density at radius 1 is 1.35 bits per heavy atom. The second-order valence-electron chi connectivity index (χ2n) is 3.40. The third kappa shape index (κ3) is 2.28. The number of nitrogens with one attached hydrogen (secondary N) is 1. The molecular weight excluding hydrogens is 222 g/mol. The zero-order valence-electron chi connectivity index (χ0n) is 9.23. The Labute approximate surface area is 98.0 Å². The van der Waals surface area contributed by atoms with Crippen molar-refractivity contribution in [2.24, 2.45) is 0 Å². The molecule has 0 saturated heterocycles. The van der Waals surface area contributed by atoms with Crippen LogP contribution in [0.25, 0.3) is 0 Å². The van der Waals surface area contributed by atoms with Gasteiger partial charge in [-0.15, -0.1) is 0 Å². The quantitative estimate of drug-likeness (QED) is 0.625. The van der Waals surface area contributed by atoms with Crippen LogP contribution in [0.1, 0.15) is 0 Å². The average Bonchev–Trinajstić information content (AvgIpc) is 2.71. The summed E-state index contributed by atoms with van der Waals surface area (Å²) in [6.45, 7) is -0.139. The number of Topliss-reactive ketones (excluding diaryl/α,β-unsaturated/α-hetero) is 1. The molecule has 0 aromatic heterocycles. The molecule has 1 aliphatic rings. The van der Waals surface area contributed by atoms with Gasteiger partial charge in [-0.2, -0.15) is 0 Å². The van der Waals surface area contributed by atoms with Crippen LogP contribution in [-0.4, -0.2) is 25.5 Å². The average molecular weight is 233 g/mol. The molecule has 0 amide bonds. The van der Waals surface area contributed by atoms with Crippen molar-refractivity contribution in [3.05, 3.63) is 41.8 Å². The number of para-hydroxylation sites is 1. The van der Waals surface area contributed by atoms with Gasteiger partial charge in [0.05, 0.1) is 7.11 Å². The lowest BCUT2D eigenvalue weighted by Gasteiger charge is -2.07. The summed E-state index contributed by atoms with van der Waals surface area (Å²) in [7, 11) is 1.22. The molecule has 5 heteroatoms. The van der Waals surface area contributed by atoms with Crippen LogP contribution in [-0.2, 0) is 19.1 Å². The smallest absolute Gasteiger partial charge is 0.347 e. The number of esters is 1. The predicted octanol–water partition coefficient (Wildman–Crippen LogP) is 1.08. The minimum absolute atomic E-state index is 0.0728. The van der Waals surface area contributed by atoms with Crippen molar-refractivity contribution in [2.75, 3.05) is 19.0 Å². The number of rotatable bonds is 3. The Bertz CT molecular complexity index is 479. The fourth-order valence-corrected chi connectivity index (χ4v) is 1.47. The van der Waals surface area contributed by atoms with E-state index in [1.807, 2.05) is 18.2 Å². The number of anilines is 1. The molecule has 0 unspecified atom stereocenters. The van der Waals surface area contributed by atoms with E-state index in [1.54, 1.807) is 12.1 Å². The molecule has 5 nitrogen and oxygen atoms in total. The molecule has 0 saturated carbocycles. The standard InChI is InChI=1S/C12H11NO4/c1-16-12(15)10-9(14)7-17-11(10)13-8-5-3-2-4-6-8/h2-6,13H,7H2,1H3. The summed E-state index contributed by atoms with van der Waals surface area (Å²) in [5.74, 6) is -0.922. The van der Waals surface area contributed by atoms with Crippen molar-refractivity contribution in [3.8, 4) is 0 Å². The summed E-state index contributed by atoms with van der Waals surface area (Å²) < 4.78 is 9.66. The summed E-state index contributed by atoms with van der Waals surface area (Å²) in [6.07, 6.45) is 0. The molecule has 0 spiro atoms. The Kier molecular flexibility index (Phi) is 3.09. The van der Waals surface area contributed by atoms with E-state index >= 15 is 0 Å². The van der Waals surface area contributed by atoms with Crippen LogP contribution in [0.2, 0.25) is 0 Å². The van der Waals surface area contributed by atoms with Crippen molar-refractivity contribution >= 4 is 17.4 Å². The Hall–Kier alpha value is -2.30. The highest BCUT2D eigenvalue weighted by atomic mass is 16.5. The molecule has 0 radical (unpaired) electrons. The van der Waals surface area contributed by atoms with Gasteiger partial charge in [-0.1, -0.05) is 18.2 Å². The maximum Gasteiger partial charge on any atom is 0.347 e. The number of carbonyl (C=O) groups is 2. The van der Waals surface area contributed by atoms with E-state index in [0.717, 1.165) is 5.69 Å². The van der Waals surface area contributed by atoms with Gasteiger partial charge in [0, 0.05) is 5.69 Å². The lowest BCUT2D eigenvalue weighted by Crippen LogP contribution is -2.14. The maximum absolute atomic E-state index is 11.5. The van der Waals surface area contributed by atoms with Gasteiger partial charge in [0.25, 0.3) is 0 Å². The van der Waals surface area contributed by atoms with E-state index in [-0.39, 0.29) is 23.8 Å². The molecular formula is C12H11NO4. The number of carbonyl (C=O) groups excluding carboxylic acids is 2. The van der Waals surface area contributed by atoms with Gasteiger partial charge in [-0.3, -0.25) is 4.79 Å². The highest BCUT2D eigenvalue weighted by Gasteiger charge is 2.31. The van der Waals surface area contributed by atoms with Crippen LogP contribution in [0.3, 0.4) is 0 Å². The zero-order valence-corrected chi connectivity index (χ0v) is 9.23. The minimum atomic E-state index is -0.689. The van der Waals surface area contributed by atoms with Crippen LogP contribution >= 0.6 is 0 Å². The van der Waals surface area contributed by atoms with E-state index in [2.05, 4.69) is 10.1 Å². The zero-order chi connectivity index (χ0) is 12.3. The van der Waals surface area contributed by atoms with Crippen molar-refractivity contribution in [1.29, 1.82) is 0 Å². The molecule has 1 N–H and O–H groups in total. The van der Waals surface area contributed by atoms with Crippen LogP contribution in [0.15, 0.2) is 41.8 Å². The summed E-state index contributed by atoms with van der Waals surface area (Å²) in [5, 5.41) is 2.87. The molecule has 88 valence electrons. The Balaban J connectivity index is 2.27. The SMILES string of the molecule is COC(=O)C1=C(Nc2ccccc2)OCC1=O. The van der Waals surface area contributed by atoms with E-state index < -0.39 is 5.97 Å². The third-order valence-electron chi connectivity index (χ3n) is 2.27. The molecule has 17 heavy (non-hydrogen) atoms. The highest BCUT2D eigenvalue weighted by molar-refractivity contribution is 6.19. The first-order valence-corrected chi connectivity index (χ1v) is 5.03. The summed E-state index contributed by atoms with van der Waals surface area (Å²) >= 11 is 0. The Morgan fingerprint density at radius 2 is 2.06 bits per heavy atom. The Morgan fingerprint density at radius 3 is 2.71 bits per heavy atom. The van der Waals surface area contributed by atoms with Crippen molar-refractivity contribution in [1.82, 2.24) is 0 Å². The second-order valence-corrected chi connectivity index (χ2v) is 3.40. The van der Waals surface area contributed by atoms with Gasteiger partial charge in [-0.25, -0.2) is 4.79 Å². The minimum Gasteiger partial charge on any atom is -0.470 e. The van der Waals surface area contributed by atoms with Crippen LogP contribution in [0, 0.1) is 0 Å². The first-order valence-electron chi connectivity index (χ1n) is 5.03. The van der Waals surface area contributed by atoms with Gasteiger partial charge < -0.3 is 14.8 Å². The molecule has 2 rings (SSSR count). The number of hydrogen-bond donors (Lipinski definition) is 1. The first-order chi connectivity index (χ1) is 8.22. The number of ether oxygens (including phenoxy) is 2. The second kappa shape index (κ2) is 4.69. The van der Waals surface area contributed by atoms with Crippen molar-refractivity contribution in [3.63, 3.8) is 0 Å². The predicted molar refractivity (Wildman–Crippen MR) is 60.1 cm³/mol. The molecule has 0 fully saturated rings. The molecule has 0 bridgehead atoms. The van der Waals surface area contributed by atoms with Crippen LogP contribution in [0.4, 0.5) is 5.69 Å². The van der Waals surface area contributed by atoms with Gasteiger partial charge >= 0.3 is 5.97 Å². The van der Waals surface area contributed by atoms with Crippen LogP contribution in [0.5, 0.6) is 0 Å². The van der Waals surface area contributed by atoms with E-state index in [1.165, 1.54) is 7.11 Å². The fraction of sp³-hybridized carbons (Fsp3) is 0.167. The summed E-state index contributed by atoms with van der Waals surface area (Å²) in [5.41, 5.74) is 0.662. The number of benzene rings is 1. The van der Waals surface area contributed by atoms with Crippen LogP contribution < -0.4 is 5.32 Å². The summed E-state index contributed by atoms with van der Waals surface area (Å²) in [4.78, 5) is 22.9. The van der Waals surface area contributed by atoms with E-state index in [4.69, 9.17) is 4.74 Å². The summed E-state index contributed by atoms with van der Waals surface area (Å²) in [6, 6.07) is 9.12. The first kappa shape index (κ1) is 11.2. The van der Waals surface area contributed by atoms with Crippen molar-refractivity contribution in [2.45, 2.75) is 0 Å². The molecule has 0 atom stereocenters. The van der Waals surface area contributed by atoms with Crippen molar-refractivity contribution < 1.29 is 19.1 Å². The molecule has 0 aliphatic carbocycles. The number of methoxy groups -OCH3 is 1. The lowest BCUT2D eigenvalue weighted by atomic mass is 10.2. The van der Waals surface area contributed by atoms with Gasteiger partial charge in [0.15, 0.2) is 12.2 Å². The molecule has 1 aromatic rings. The fourth-order valence-electron chi connectivity index (χ4n) is 1.47. The largest absolute Gasteiger partial charge is 0.470 e. The normalized spacial score (nSPS) is 14.5. The van der Waals surface area contributed by atoms with Gasteiger partial charge in [-0.05, 0) is 12.1 Å².